The van der Waals surface area contributed by atoms with E-state index < -0.39 is 17.8 Å². The summed E-state index contributed by atoms with van der Waals surface area (Å²) in [5.41, 5.74) is 3.01. The molecule has 0 aliphatic carbocycles. The summed E-state index contributed by atoms with van der Waals surface area (Å²) in [6.45, 7) is 3.69. The lowest BCUT2D eigenvalue weighted by molar-refractivity contribution is -0.122. The number of aromatic carboxylic acids is 1. The summed E-state index contributed by atoms with van der Waals surface area (Å²) in [6, 6.07) is 13.5. The fourth-order valence-electron chi connectivity index (χ4n) is 3.75. The first-order valence-corrected chi connectivity index (χ1v) is 10.3. The van der Waals surface area contributed by atoms with Crippen molar-refractivity contribution in [1.82, 2.24) is 9.88 Å². The number of carbonyl (C=O) groups excluding carboxylic acids is 2. The highest BCUT2D eigenvalue weighted by molar-refractivity contribution is 7.80. The topological polar surface area (TPSA) is 91.6 Å². The van der Waals surface area contributed by atoms with Crippen LogP contribution in [0.15, 0.2) is 60.2 Å². The number of rotatable bonds is 4. The number of hydrogen-bond acceptors (Lipinski definition) is 4. The molecule has 4 rings (SSSR count). The number of carboxylic acid groups (broad SMARTS) is 1. The van der Waals surface area contributed by atoms with Crippen molar-refractivity contribution in [3.05, 3.63) is 88.5 Å². The Morgan fingerprint density at radius 1 is 1.06 bits per heavy atom. The number of anilines is 1. The van der Waals surface area contributed by atoms with Crippen molar-refractivity contribution in [2.24, 2.45) is 0 Å². The number of carbonyl (C=O) groups is 3. The van der Waals surface area contributed by atoms with Crippen LogP contribution in [-0.2, 0) is 9.59 Å². The molecule has 7 nitrogen and oxygen atoms in total. The van der Waals surface area contributed by atoms with Crippen LogP contribution in [0.4, 0.5) is 10.1 Å². The van der Waals surface area contributed by atoms with E-state index in [9.17, 15) is 23.9 Å². The van der Waals surface area contributed by atoms with E-state index in [1.165, 1.54) is 42.5 Å². The summed E-state index contributed by atoms with van der Waals surface area (Å²) in [4.78, 5) is 38.3. The first kappa shape index (κ1) is 22.1. The number of amides is 2. The van der Waals surface area contributed by atoms with E-state index >= 15 is 0 Å². The molecule has 2 heterocycles. The molecule has 0 bridgehead atoms. The Hall–Kier alpha value is -4.11. The van der Waals surface area contributed by atoms with Gasteiger partial charge in [-0.2, -0.15) is 0 Å². The van der Waals surface area contributed by atoms with Gasteiger partial charge in [0.1, 0.15) is 11.4 Å². The van der Waals surface area contributed by atoms with Gasteiger partial charge in [-0.3, -0.25) is 19.8 Å². The number of aromatic nitrogens is 1. The van der Waals surface area contributed by atoms with E-state index in [4.69, 9.17) is 12.2 Å². The predicted molar refractivity (Wildman–Crippen MR) is 125 cm³/mol. The van der Waals surface area contributed by atoms with Gasteiger partial charge in [-0.1, -0.05) is 6.07 Å². The number of benzene rings is 2. The van der Waals surface area contributed by atoms with Gasteiger partial charge in [0.05, 0.1) is 11.3 Å². The van der Waals surface area contributed by atoms with Gasteiger partial charge in [-0.15, -0.1) is 0 Å². The maximum Gasteiger partial charge on any atom is 0.335 e. The van der Waals surface area contributed by atoms with Crippen molar-refractivity contribution in [3.63, 3.8) is 0 Å². The van der Waals surface area contributed by atoms with Gasteiger partial charge in [0.15, 0.2) is 5.11 Å². The van der Waals surface area contributed by atoms with Crippen molar-refractivity contribution in [3.8, 4) is 5.69 Å². The Morgan fingerprint density at radius 3 is 2.42 bits per heavy atom. The molecular formula is C24H18FN3O4S. The molecule has 2 N–H and O–H groups in total. The molecule has 0 saturated carbocycles. The van der Waals surface area contributed by atoms with E-state index in [0.717, 1.165) is 22.0 Å². The van der Waals surface area contributed by atoms with Gasteiger partial charge >= 0.3 is 5.97 Å². The molecule has 33 heavy (non-hydrogen) atoms. The van der Waals surface area contributed by atoms with Crippen LogP contribution in [0.3, 0.4) is 0 Å². The normalized spacial score (nSPS) is 15.2. The van der Waals surface area contributed by atoms with Gasteiger partial charge in [0.2, 0.25) is 0 Å². The first-order valence-electron chi connectivity index (χ1n) is 9.87. The lowest BCUT2D eigenvalue weighted by Crippen LogP contribution is -2.54. The molecule has 0 unspecified atom stereocenters. The smallest absolute Gasteiger partial charge is 0.335 e. The molecule has 0 radical (unpaired) electrons. The van der Waals surface area contributed by atoms with Crippen LogP contribution in [0.5, 0.6) is 0 Å². The second-order valence-electron chi connectivity index (χ2n) is 7.45. The number of hydrogen-bond donors (Lipinski definition) is 2. The average Bonchev–Trinajstić information content (AvgIpc) is 3.05. The third kappa shape index (κ3) is 4.06. The molecule has 1 saturated heterocycles. The first-order chi connectivity index (χ1) is 15.7. The standard InChI is InChI=1S/C24H18FN3O4S/c1-13-10-16(14(2)27(13)18-8-6-17(25)7-9-18)12-20-21(29)26-24(33)28(22(20)30)19-5-3-4-15(11-19)23(31)32/h3-12H,1-2H3,(H,31,32)(H,26,29,33). The van der Waals surface area contributed by atoms with Crippen molar-refractivity contribution in [2.45, 2.75) is 13.8 Å². The summed E-state index contributed by atoms with van der Waals surface area (Å²) in [5.74, 6) is -2.82. The van der Waals surface area contributed by atoms with E-state index in [1.807, 2.05) is 24.5 Å². The third-order valence-corrected chi connectivity index (χ3v) is 5.59. The number of nitrogens with zero attached hydrogens (tertiary/aromatic N) is 2. The van der Waals surface area contributed by atoms with Gasteiger partial charge < -0.3 is 9.67 Å². The largest absolute Gasteiger partial charge is 0.478 e. The molecule has 1 aliphatic heterocycles. The lowest BCUT2D eigenvalue weighted by atomic mass is 10.1. The summed E-state index contributed by atoms with van der Waals surface area (Å²) in [5, 5.41) is 11.6. The number of carboxylic acids is 1. The van der Waals surface area contributed by atoms with Gasteiger partial charge in [-0.05, 0) is 86.2 Å². The van der Waals surface area contributed by atoms with Crippen molar-refractivity contribution >= 4 is 46.9 Å². The Bertz CT molecular complexity index is 1360. The quantitative estimate of drug-likeness (QED) is 0.349. The number of nitrogens with one attached hydrogen (secondary N) is 1. The SMILES string of the molecule is Cc1cc(C=C2C(=O)NC(=S)N(c3cccc(C(=O)O)c3)C2=O)c(C)n1-c1ccc(F)cc1. The summed E-state index contributed by atoms with van der Waals surface area (Å²) in [6.07, 6.45) is 1.47. The van der Waals surface area contributed by atoms with Crippen LogP contribution in [0.1, 0.15) is 27.3 Å². The summed E-state index contributed by atoms with van der Waals surface area (Å²) < 4.78 is 15.2. The minimum atomic E-state index is -1.15. The van der Waals surface area contributed by atoms with Crippen molar-refractivity contribution in [1.29, 1.82) is 0 Å². The highest BCUT2D eigenvalue weighted by atomic mass is 32.1. The molecule has 1 aromatic heterocycles. The molecular weight excluding hydrogens is 445 g/mol. The molecule has 2 aromatic carbocycles. The van der Waals surface area contributed by atoms with Gasteiger partial charge in [-0.25, -0.2) is 9.18 Å². The zero-order chi connectivity index (χ0) is 23.9. The molecule has 3 aromatic rings. The Balaban J connectivity index is 1.76. The van der Waals surface area contributed by atoms with Gasteiger partial charge in [0, 0.05) is 17.1 Å². The molecule has 2 amide bonds. The minimum Gasteiger partial charge on any atom is -0.478 e. The van der Waals surface area contributed by atoms with Crippen molar-refractivity contribution in [2.75, 3.05) is 4.90 Å². The lowest BCUT2D eigenvalue weighted by Gasteiger charge is -2.29. The molecule has 9 heteroatoms. The molecule has 1 fully saturated rings. The minimum absolute atomic E-state index is 0.0200. The molecule has 1 aliphatic rings. The fourth-order valence-corrected chi connectivity index (χ4v) is 4.03. The monoisotopic (exact) mass is 463 g/mol. The fraction of sp³-hybridized carbons (Fsp3) is 0.0833. The maximum atomic E-state index is 13.3. The van der Waals surface area contributed by atoms with Crippen LogP contribution >= 0.6 is 12.2 Å². The van der Waals surface area contributed by atoms with Crippen LogP contribution < -0.4 is 10.2 Å². The second-order valence-corrected chi connectivity index (χ2v) is 7.84. The molecule has 166 valence electrons. The Morgan fingerprint density at radius 2 is 1.76 bits per heavy atom. The van der Waals surface area contributed by atoms with Crippen molar-refractivity contribution < 1.29 is 23.9 Å². The third-order valence-electron chi connectivity index (χ3n) is 5.31. The van der Waals surface area contributed by atoms with E-state index in [1.54, 1.807) is 12.1 Å². The van der Waals surface area contributed by atoms with Crippen LogP contribution in [0, 0.1) is 19.7 Å². The molecule has 0 atom stereocenters. The zero-order valence-corrected chi connectivity index (χ0v) is 18.4. The average molecular weight is 463 g/mol. The second kappa shape index (κ2) is 8.44. The van der Waals surface area contributed by atoms with Crippen LogP contribution in [0.2, 0.25) is 0 Å². The number of halogens is 1. The Kier molecular flexibility index (Phi) is 5.65. The number of aryl methyl sites for hydroxylation is 1. The predicted octanol–water partition coefficient (Wildman–Crippen LogP) is 3.76. The van der Waals surface area contributed by atoms with E-state index in [-0.39, 0.29) is 27.8 Å². The van der Waals surface area contributed by atoms with Crippen LogP contribution in [-0.4, -0.2) is 32.6 Å². The highest BCUT2D eigenvalue weighted by Gasteiger charge is 2.35. The highest BCUT2D eigenvalue weighted by Crippen LogP contribution is 2.26. The van der Waals surface area contributed by atoms with E-state index in [2.05, 4.69) is 5.32 Å². The summed E-state index contributed by atoms with van der Waals surface area (Å²) in [7, 11) is 0. The zero-order valence-electron chi connectivity index (χ0n) is 17.6. The van der Waals surface area contributed by atoms with Crippen LogP contribution in [0.25, 0.3) is 11.8 Å². The van der Waals surface area contributed by atoms with Gasteiger partial charge in [0.25, 0.3) is 11.8 Å². The van der Waals surface area contributed by atoms with E-state index in [0.29, 0.717) is 5.56 Å². The maximum absolute atomic E-state index is 13.3. The summed E-state index contributed by atoms with van der Waals surface area (Å²) >= 11 is 5.18. The molecule has 0 spiro atoms. The number of thiocarbonyl (C=S) groups is 1. The Labute approximate surface area is 193 Å².